The molecule has 0 aliphatic rings. The number of benzene rings is 2. The van der Waals surface area contributed by atoms with Crippen molar-refractivity contribution in [3.8, 4) is 0 Å². The molecular weight excluding hydrogens is 376 g/mol. The number of anilines is 1. The average molecular weight is 403 g/mol. The van der Waals surface area contributed by atoms with Crippen molar-refractivity contribution in [1.82, 2.24) is 5.32 Å². The van der Waals surface area contributed by atoms with E-state index in [1.54, 1.807) is 18.2 Å². The predicted molar refractivity (Wildman–Crippen MR) is 111 cm³/mol. The fourth-order valence-corrected chi connectivity index (χ4v) is 3.68. The number of nitrogens with zero attached hydrogens (tertiary/aromatic N) is 1. The molecule has 7 heteroatoms. The van der Waals surface area contributed by atoms with Crippen LogP contribution in [-0.4, -0.2) is 39.0 Å². The van der Waals surface area contributed by atoms with Crippen LogP contribution in [0.15, 0.2) is 54.6 Å². The van der Waals surface area contributed by atoms with Gasteiger partial charge in [0.2, 0.25) is 15.9 Å². The maximum atomic E-state index is 12.4. The predicted octanol–water partition coefficient (Wildman–Crippen LogP) is 2.79. The van der Waals surface area contributed by atoms with Gasteiger partial charge < -0.3 is 5.32 Å². The molecule has 0 aliphatic heterocycles. The Hall–Kier alpha value is -2.67. The summed E-state index contributed by atoms with van der Waals surface area (Å²) >= 11 is 0. The topological polar surface area (TPSA) is 83.6 Å². The lowest BCUT2D eigenvalue weighted by Gasteiger charge is -2.23. The highest BCUT2D eigenvalue weighted by atomic mass is 32.2. The van der Waals surface area contributed by atoms with Crippen LogP contribution in [0.2, 0.25) is 0 Å². The molecule has 1 atom stereocenters. The van der Waals surface area contributed by atoms with Crippen molar-refractivity contribution in [3.63, 3.8) is 0 Å². The van der Waals surface area contributed by atoms with Gasteiger partial charge in [0.25, 0.3) is 0 Å². The molecule has 1 amide bonds. The van der Waals surface area contributed by atoms with Crippen molar-refractivity contribution < 1.29 is 18.0 Å². The summed E-state index contributed by atoms with van der Waals surface area (Å²) in [6, 6.07) is 16.1. The molecule has 0 saturated carbocycles. The van der Waals surface area contributed by atoms with E-state index in [4.69, 9.17) is 0 Å². The Morgan fingerprint density at radius 3 is 2.36 bits per heavy atom. The molecule has 0 heterocycles. The van der Waals surface area contributed by atoms with Crippen LogP contribution >= 0.6 is 0 Å². The summed E-state index contributed by atoms with van der Waals surface area (Å²) in [6.45, 7) is 2.96. The normalized spacial score (nSPS) is 12.2. The first-order chi connectivity index (χ1) is 13.2. The van der Waals surface area contributed by atoms with E-state index in [-0.39, 0.29) is 24.3 Å². The smallest absolute Gasteiger partial charge is 0.240 e. The zero-order valence-corrected chi connectivity index (χ0v) is 17.2. The highest BCUT2D eigenvalue weighted by Gasteiger charge is 2.22. The molecule has 0 spiro atoms. The van der Waals surface area contributed by atoms with Crippen molar-refractivity contribution in [1.29, 1.82) is 0 Å². The first-order valence-electron chi connectivity index (χ1n) is 9.09. The summed E-state index contributed by atoms with van der Waals surface area (Å²) in [6.07, 6.45) is 2.60. The van der Waals surface area contributed by atoms with Crippen molar-refractivity contribution in [3.05, 3.63) is 65.7 Å². The van der Waals surface area contributed by atoms with Crippen LogP contribution in [0.4, 0.5) is 5.69 Å². The third kappa shape index (κ3) is 6.49. The second kappa shape index (κ2) is 9.50. The fraction of sp³-hybridized carbons (Fsp3) is 0.333. The lowest BCUT2D eigenvalue weighted by molar-refractivity contribution is -0.120. The van der Waals surface area contributed by atoms with Gasteiger partial charge in [-0.05, 0) is 44.4 Å². The summed E-state index contributed by atoms with van der Waals surface area (Å²) in [4.78, 5) is 24.0. The van der Waals surface area contributed by atoms with Gasteiger partial charge >= 0.3 is 0 Å². The average Bonchev–Trinajstić information content (AvgIpc) is 2.64. The van der Waals surface area contributed by atoms with Gasteiger partial charge in [0.1, 0.15) is 6.54 Å². The number of amides is 1. The van der Waals surface area contributed by atoms with E-state index >= 15 is 0 Å². The number of rotatable bonds is 9. The monoisotopic (exact) mass is 402 g/mol. The number of Topliss-reactive ketones (excluding diaryl/α,β-unsaturated/α-hetero) is 1. The Kier molecular flexibility index (Phi) is 7.34. The Balaban J connectivity index is 2.03. The maximum absolute atomic E-state index is 12.4. The lowest BCUT2D eigenvalue weighted by Crippen LogP contribution is -2.43. The van der Waals surface area contributed by atoms with Gasteiger partial charge in [0.15, 0.2) is 5.78 Å². The van der Waals surface area contributed by atoms with Gasteiger partial charge in [0.05, 0.1) is 11.9 Å². The summed E-state index contributed by atoms with van der Waals surface area (Å²) in [7, 11) is -3.69. The van der Waals surface area contributed by atoms with E-state index in [1.807, 2.05) is 37.3 Å². The van der Waals surface area contributed by atoms with Gasteiger partial charge in [-0.15, -0.1) is 0 Å². The summed E-state index contributed by atoms with van der Waals surface area (Å²) in [5.74, 6) is -0.562. The standard InChI is InChI=1S/C21H26N2O4S/c1-16(12-13-18-8-5-4-6-9-18)22-21(25)15-23(28(3,26)27)20-11-7-10-19(14-20)17(2)24/h4-11,14,16H,12-13,15H2,1-3H3,(H,22,25)/t16-/m1/s1. The molecule has 2 rings (SSSR count). The van der Waals surface area contributed by atoms with Gasteiger partial charge in [-0.1, -0.05) is 42.5 Å². The second-order valence-corrected chi connectivity index (χ2v) is 8.78. The number of carbonyl (C=O) groups excluding carboxylic acids is 2. The Bertz CT molecular complexity index is 926. The van der Waals surface area contributed by atoms with Crippen molar-refractivity contribution in [2.24, 2.45) is 0 Å². The van der Waals surface area contributed by atoms with E-state index in [2.05, 4.69) is 5.32 Å². The molecule has 2 aromatic rings. The number of ketones is 1. The van der Waals surface area contributed by atoms with Crippen molar-refractivity contribution in [2.75, 3.05) is 17.1 Å². The summed E-state index contributed by atoms with van der Waals surface area (Å²) in [5, 5.41) is 2.85. The second-order valence-electron chi connectivity index (χ2n) is 6.87. The molecule has 0 aromatic heterocycles. The molecule has 0 bridgehead atoms. The van der Waals surface area contributed by atoms with Gasteiger partial charge in [-0.25, -0.2) is 8.42 Å². The number of nitrogens with one attached hydrogen (secondary N) is 1. The van der Waals surface area contributed by atoms with Crippen LogP contribution < -0.4 is 9.62 Å². The minimum atomic E-state index is -3.69. The van der Waals surface area contributed by atoms with E-state index in [0.29, 0.717) is 11.3 Å². The quantitative estimate of drug-likeness (QED) is 0.654. The largest absolute Gasteiger partial charge is 0.352 e. The van der Waals surface area contributed by atoms with Crippen molar-refractivity contribution in [2.45, 2.75) is 32.7 Å². The molecule has 0 saturated heterocycles. The van der Waals surface area contributed by atoms with Crippen LogP contribution in [0.1, 0.15) is 36.2 Å². The number of aryl methyl sites for hydroxylation is 1. The third-order valence-corrected chi connectivity index (χ3v) is 5.49. The van der Waals surface area contributed by atoms with Crippen LogP contribution in [-0.2, 0) is 21.2 Å². The first-order valence-corrected chi connectivity index (χ1v) is 10.9. The van der Waals surface area contributed by atoms with E-state index in [9.17, 15) is 18.0 Å². The third-order valence-electron chi connectivity index (χ3n) is 4.34. The van der Waals surface area contributed by atoms with Gasteiger partial charge in [0, 0.05) is 11.6 Å². The molecule has 0 fully saturated rings. The molecule has 150 valence electrons. The van der Waals surface area contributed by atoms with Crippen LogP contribution in [0.3, 0.4) is 0 Å². The Morgan fingerprint density at radius 1 is 1.07 bits per heavy atom. The maximum Gasteiger partial charge on any atom is 0.240 e. The molecule has 6 nitrogen and oxygen atoms in total. The van der Waals surface area contributed by atoms with Gasteiger partial charge in [-0.3, -0.25) is 13.9 Å². The van der Waals surface area contributed by atoms with Crippen molar-refractivity contribution >= 4 is 27.4 Å². The van der Waals surface area contributed by atoms with E-state index in [1.165, 1.54) is 18.6 Å². The highest BCUT2D eigenvalue weighted by molar-refractivity contribution is 7.92. The van der Waals surface area contributed by atoms with Crippen LogP contribution in [0.5, 0.6) is 0 Å². The molecule has 28 heavy (non-hydrogen) atoms. The van der Waals surface area contributed by atoms with Gasteiger partial charge in [-0.2, -0.15) is 0 Å². The minimum Gasteiger partial charge on any atom is -0.352 e. The Morgan fingerprint density at radius 2 is 1.75 bits per heavy atom. The molecule has 2 aromatic carbocycles. The molecular formula is C21H26N2O4S. The molecule has 0 unspecified atom stereocenters. The number of hydrogen-bond donors (Lipinski definition) is 1. The number of carbonyl (C=O) groups is 2. The van der Waals surface area contributed by atoms with E-state index in [0.717, 1.165) is 23.4 Å². The SMILES string of the molecule is CC(=O)c1cccc(N(CC(=O)N[C@H](C)CCc2ccccc2)S(C)(=O)=O)c1. The first kappa shape index (κ1) is 21.6. The number of sulfonamides is 1. The zero-order valence-electron chi connectivity index (χ0n) is 16.4. The summed E-state index contributed by atoms with van der Waals surface area (Å²) in [5.41, 5.74) is 1.87. The molecule has 0 radical (unpaired) electrons. The number of hydrogen-bond acceptors (Lipinski definition) is 4. The minimum absolute atomic E-state index is 0.0994. The fourth-order valence-electron chi connectivity index (χ4n) is 2.83. The highest BCUT2D eigenvalue weighted by Crippen LogP contribution is 2.19. The Labute approximate surface area is 166 Å². The molecule has 1 N–H and O–H groups in total. The van der Waals surface area contributed by atoms with Crippen LogP contribution in [0, 0.1) is 0 Å². The zero-order chi connectivity index (χ0) is 20.7. The molecule has 0 aliphatic carbocycles. The van der Waals surface area contributed by atoms with Crippen LogP contribution in [0.25, 0.3) is 0 Å². The lowest BCUT2D eigenvalue weighted by atomic mass is 10.1. The van der Waals surface area contributed by atoms with E-state index < -0.39 is 10.0 Å². The summed E-state index contributed by atoms with van der Waals surface area (Å²) < 4.78 is 25.4.